The zero-order valence-corrected chi connectivity index (χ0v) is 10.7. The highest BCUT2D eigenvalue weighted by Crippen LogP contribution is 2.29. The minimum Gasteiger partial charge on any atom is -0.316 e. The number of hydrogen-bond donors (Lipinski definition) is 1. The molecule has 1 N–H and O–H groups in total. The van der Waals surface area contributed by atoms with Crippen LogP contribution in [0.3, 0.4) is 0 Å². The summed E-state index contributed by atoms with van der Waals surface area (Å²) in [5.74, 6) is 0. The molecule has 1 aliphatic carbocycles. The summed E-state index contributed by atoms with van der Waals surface area (Å²) in [6.45, 7) is 7.17. The summed E-state index contributed by atoms with van der Waals surface area (Å²) in [7, 11) is 1.98. The molecule has 0 aliphatic heterocycles. The predicted octanol–water partition coefficient (Wildman–Crippen LogP) is 2.49. The largest absolute Gasteiger partial charge is 0.316 e. The van der Waals surface area contributed by atoms with E-state index in [0.717, 1.165) is 25.7 Å². The molecule has 0 saturated heterocycles. The molecule has 88 valence electrons. The second kappa shape index (κ2) is 5.62. The molecule has 0 unspecified atom stereocenters. The van der Waals surface area contributed by atoms with Crippen molar-refractivity contribution in [3.05, 3.63) is 34.5 Å². The van der Waals surface area contributed by atoms with Crippen LogP contribution in [0.25, 0.3) is 0 Å². The number of nitrogens with one attached hydrogen (secondary N) is 1. The SMILES string of the molecule is C=C(CNC)CN(Cc1cccs1)C1CC1. The Hall–Kier alpha value is -0.640. The highest BCUT2D eigenvalue weighted by atomic mass is 32.1. The Morgan fingerprint density at radius 3 is 3.00 bits per heavy atom. The molecule has 0 spiro atoms. The van der Waals surface area contributed by atoms with Crippen molar-refractivity contribution in [1.29, 1.82) is 0 Å². The minimum atomic E-state index is 0.802. The van der Waals surface area contributed by atoms with Crippen molar-refractivity contribution in [1.82, 2.24) is 10.2 Å². The third-order valence-electron chi connectivity index (χ3n) is 2.86. The molecule has 0 radical (unpaired) electrons. The van der Waals surface area contributed by atoms with Gasteiger partial charge in [0.2, 0.25) is 0 Å². The minimum absolute atomic E-state index is 0.802. The van der Waals surface area contributed by atoms with E-state index in [-0.39, 0.29) is 0 Å². The number of nitrogens with zero attached hydrogens (tertiary/aromatic N) is 1. The Labute approximate surface area is 102 Å². The Bertz CT molecular complexity index is 328. The summed E-state index contributed by atoms with van der Waals surface area (Å²) >= 11 is 1.85. The molecular weight excluding hydrogens is 216 g/mol. The Morgan fingerprint density at radius 2 is 2.44 bits per heavy atom. The molecule has 0 bridgehead atoms. The summed E-state index contributed by atoms with van der Waals surface area (Å²) in [4.78, 5) is 4.02. The van der Waals surface area contributed by atoms with Gasteiger partial charge in [0, 0.05) is 30.6 Å². The average molecular weight is 236 g/mol. The van der Waals surface area contributed by atoms with Gasteiger partial charge in [-0.2, -0.15) is 0 Å². The van der Waals surface area contributed by atoms with Gasteiger partial charge in [-0.3, -0.25) is 4.90 Å². The van der Waals surface area contributed by atoms with Gasteiger partial charge in [0.1, 0.15) is 0 Å². The molecular formula is C13H20N2S. The van der Waals surface area contributed by atoms with Crippen molar-refractivity contribution in [3.63, 3.8) is 0 Å². The lowest BCUT2D eigenvalue weighted by molar-refractivity contribution is 0.278. The fourth-order valence-corrected chi connectivity index (χ4v) is 2.68. The lowest BCUT2D eigenvalue weighted by Crippen LogP contribution is -2.29. The van der Waals surface area contributed by atoms with E-state index < -0.39 is 0 Å². The molecule has 1 fully saturated rings. The fourth-order valence-electron chi connectivity index (χ4n) is 1.95. The van der Waals surface area contributed by atoms with E-state index in [1.54, 1.807) is 0 Å². The van der Waals surface area contributed by atoms with Crippen molar-refractivity contribution in [2.45, 2.75) is 25.4 Å². The number of likely N-dealkylation sites (N-methyl/N-ethyl adjacent to an activating group) is 1. The molecule has 16 heavy (non-hydrogen) atoms. The first-order valence-electron chi connectivity index (χ1n) is 5.87. The van der Waals surface area contributed by atoms with Gasteiger partial charge < -0.3 is 5.32 Å². The van der Waals surface area contributed by atoms with Crippen molar-refractivity contribution in [2.75, 3.05) is 20.1 Å². The first-order chi connectivity index (χ1) is 7.79. The highest BCUT2D eigenvalue weighted by Gasteiger charge is 2.29. The maximum absolute atomic E-state index is 4.12. The third kappa shape index (κ3) is 3.44. The molecule has 1 saturated carbocycles. The topological polar surface area (TPSA) is 15.3 Å². The van der Waals surface area contributed by atoms with E-state index in [1.807, 2.05) is 18.4 Å². The summed E-state index contributed by atoms with van der Waals surface area (Å²) in [5.41, 5.74) is 1.28. The van der Waals surface area contributed by atoms with Gasteiger partial charge in [-0.1, -0.05) is 12.6 Å². The predicted molar refractivity (Wildman–Crippen MR) is 70.8 cm³/mol. The third-order valence-corrected chi connectivity index (χ3v) is 3.72. The quantitative estimate of drug-likeness (QED) is 0.732. The van der Waals surface area contributed by atoms with Gasteiger partial charge in [-0.25, -0.2) is 0 Å². The van der Waals surface area contributed by atoms with Crippen LogP contribution in [-0.2, 0) is 6.54 Å². The van der Waals surface area contributed by atoms with Crippen LogP contribution in [0.1, 0.15) is 17.7 Å². The van der Waals surface area contributed by atoms with Crippen LogP contribution in [0.5, 0.6) is 0 Å². The Balaban J connectivity index is 1.87. The van der Waals surface area contributed by atoms with E-state index in [2.05, 4.69) is 34.3 Å². The zero-order chi connectivity index (χ0) is 11.4. The van der Waals surface area contributed by atoms with Crippen molar-refractivity contribution >= 4 is 11.3 Å². The van der Waals surface area contributed by atoms with Crippen molar-refractivity contribution in [2.24, 2.45) is 0 Å². The van der Waals surface area contributed by atoms with Crippen LogP contribution in [0.2, 0.25) is 0 Å². The van der Waals surface area contributed by atoms with E-state index >= 15 is 0 Å². The average Bonchev–Trinajstić information content (AvgIpc) is 2.98. The van der Waals surface area contributed by atoms with Crippen molar-refractivity contribution < 1.29 is 0 Å². The van der Waals surface area contributed by atoms with Crippen LogP contribution >= 0.6 is 11.3 Å². The first-order valence-corrected chi connectivity index (χ1v) is 6.75. The van der Waals surface area contributed by atoms with Gasteiger partial charge >= 0.3 is 0 Å². The lowest BCUT2D eigenvalue weighted by atomic mass is 10.2. The summed E-state index contributed by atoms with van der Waals surface area (Å²) in [6.07, 6.45) is 2.72. The van der Waals surface area contributed by atoms with Crippen LogP contribution in [0.4, 0.5) is 0 Å². The van der Waals surface area contributed by atoms with Gasteiger partial charge in [0.15, 0.2) is 0 Å². The van der Waals surface area contributed by atoms with E-state index in [4.69, 9.17) is 0 Å². The molecule has 0 atom stereocenters. The second-order valence-electron chi connectivity index (χ2n) is 4.50. The molecule has 2 rings (SSSR count). The lowest BCUT2D eigenvalue weighted by Gasteiger charge is -2.22. The summed E-state index contributed by atoms with van der Waals surface area (Å²) in [5, 5.41) is 5.32. The van der Waals surface area contributed by atoms with Crippen LogP contribution in [-0.4, -0.2) is 31.1 Å². The Kier molecular flexibility index (Phi) is 4.16. The Morgan fingerprint density at radius 1 is 1.62 bits per heavy atom. The number of rotatable bonds is 7. The number of hydrogen-bond acceptors (Lipinski definition) is 3. The van der Waals surface area contributed by atoms with Crippen molar-refractivity contribution in [3.8, 4) is 0 Å². The van der Waals surface area contributed by atoms with Crippen LogP contribution in [0, 0.1) is 0 Å². The van der Waals surface area contributed by atoms with Gasteiger partial charge in [-0.05, 0) is 36.9 Å². The molecule has 1 heterocycles. The van der Waals surface area contributed by atoms with Gasteiger partial charge in [0.05, 0.1) is 0 Å². The van der Waals surface area contributed by atoms with E-state index in [0.29, 0.717) is 0 Å². The molecule has 0 aromatic carbocycles. The van der Waals surface area contributed by atoms with Gasteiger partial charge in [-0.15, -0.1) is 11.3 Å². The monoisotopic (exact) mass is 236 g/mol. The maximum Gasteiger partial charge on any atom is 0.0334 e. The zero-order valence-electron chi connectivity index (χ0n) is 9.91. The van der Waals surface area contributed by atoms with Crippen LogP contribution < -0.4 is 5.32 Å². The highest BCUT2D eigenvalue weighted by molar-refractivity contribution is 7.09. The smallest absolute Gasteiger partial charge is 0.0334 e. The van der Waals surface area contributed by atoms with Crippen LogP contribution in [0.15, 0.2) is 29.7 Å². The van der Waals surface area contributed by atoms with E-state index in [1.165, 1.54) is 23.3 Å². The first kappa shape index (κ1) is 11.8. The molecule has 1 aliphatic rings. The molecule has 3 heteroatoms. The molecule has 2 nitrogen and oxygen atoms in total. The van der Waals surface area contributed by atoms with Gasteiger partial charge in [0.25, 0.3) is 0 Å². The maximum atomic E-state index is 4.12. The fraction of sp³-hybridized carbons (Fsp3) is 0.538. The number of thiophene rings is 1. The summed E-state index contributed by atoms with van der Waals surface area (Å²) in [6, 6.07) is 5.16. The normalized spacial score (nSPS) is 15.6. The molecule has 1 aromatic rings. The standard InChI is InChI=1S/C13H20N2S/c1-11(8-14-2)9-15(12-5-6-12)10-13-4-3-7-16-13/h3-4,7,12,14H,1,5-6,8-10H2,2H3. The van der Waals surface area contributed by atoms with E-state index in [9.17, 15) is 0 Å². The second-order valence-corrected chi connectivity index (χ2v) is 5.53. The molecule has 0 amide bonds. The summed E-state index contributed by atoms with van der Waals surface area (Å²) < 4.78 is 0. The molecule has 1 aromatic heterocycles.